The third-order valence-corrected chi connectivity index (χ3v) is 5.57. The van der Waals surface area contributed by atoms with Gasteiger partial charge in [0, 0.05) is 6.54 Å². The van der Waals surface area contributed by atoms with Gasteiger partial charge in [0.2, 0.25) is 0 Å². The fraction of sp³-hybridized carbons (Fsp3) is 0.619. The Morgan fingerprint density at radius 1 is 1.15 bits per heavy atom. The van der Waals surface area contributed by atoms with E-state index in [0.717, 1.165) is 31.2 Å². The number of hydrogen-bond donors (Lipinski definition) is 1. The number of carbonyl (C=O) groups is 2. The standard InChI is InChI=1S/C21H29NO5/c1-20(2,3)27-19(25)22-10-9-21(11-16(23)12-21)13-17(22)14-5-7-15(8-6-14)18(24)26-4/h5-8,16-17,23H,9-13H2,1-4H3. The maximum Gasteiger partial charge on any atom is 0.410 e. The molecule has 1 saturated heterocycles. The summed E-state index contributed by atoms with van der Waals surface area (Å²) in [4.78, 5) is 26.3. The van der Waals surface area contributed by atoms with E-state index in [4.69, 9.17) is 9.47 Å². The van der Waals surface area contributed by atoms with Crippen molar-refractivity contribution < 1.29 is 24.2 Å². The number of methoxy groups -OCH3 is 1. The lowest BCUT2D eigenvalue weighted by atomic mass is 9.59. The number of aliphatic hydroxyl groups excluding tert-OH is 1. The number of piperidine rings is 1. The quantitative estimate of drug-likeness (QED) is 0.798. The highest BCUT2D eigenvalue weighted by atomic mass is 16.6. The first kappa shape index (κ1) is 19.7. The molecule has 1 N–H and O–H groups in total. The van der Waals surface area contributed by atoms with Gasteiger partial charge < -0.3 is 19.5 Å². The molecule has 1 saturated carbocycles. The van der Waals surface area contributed by atoms with E-state index in [1.165, 1.54) is 7.11 Å². The van der Waals surface area contributed by atoms with Crippen molar-refractivity contribution in [2.45, 2.75) is 64.2 Å². The molecule has 6 heteroatoms. The van der Waals surface area contributed by atoms with Crippen LogP contribution in [0.5, 0.6) is 0 Å². The summed E-state index contributed by atoms with van der Waals surface area (Å²) in [7, 11) is 1.35. The third-order valence-electron chi connectivity index (χ3n) is 5.57. The summed E-state index contributed by atoms with van der Waals surface area (Å²) >= 11 is 0. The smallest absolute Gasteiger partial charge is 0.410 e. The van der Waals surface area contributed by atoms with Crippen molar-refractivity contribution >= 4 is 12.1 Å². The average molecular weight is 375 g/mol. The van der Waals surface area contributed by atoms with Crippen LogP contribution >= 0.6 is 0 Å². The van der Waals surface area contributed by atoms with Crippen molar-refractivity contribution in [2.75, 3.05) is 13.7 Å². The zero-order valence-corrected chi connectivity index (χ0v) is 16.5. The number of likely N-dealkylation sites (tertiary alicyclic amines) is 1. The van der Waals surface area contributed by atoms with Crippen LogP contribution in [0.2, 0.25) is 0 Å². The molecule has 1 aromatic carbocycles. The van der Waals surface area contributed by atoms with E-state index >= 15 is 0 Å². The number of rotatable bonds is 2. The van der Waals surface area contributed by atoms with Gasteiger partial charge in [-0.3, -0.25) is 0 Å². The molecule has 1 aliphatic heterocycles. The first-order chi connectivity index (χ1) is 12.6. The molecule has 0 bridgehead atoms. The molecule has 0 aromatic heterocycles. The second kappa shape index (κ2) is 7.15. The Morgan fingerprint density at radius 3 is 2.30 bits per heavy atom. The van der Waals surface area contributed by atoms with Crippen molar-refractivity contribution in [1.82, 2.24) is 4.90 Å². The van der Waals surface area contributed by atoms with Crippen molar-refractivity contribution in [3.63, 3.8) is 0 Å². The lowest BCUT2D eigenvalue weighted by Crippen LogP contribution is -2.52. The van der Waals surface area contributed by atoms with Gasteiger partial charge in [-0.15, -0.1) is 0 Å². The molecule has 1 unspecified atom stereocenters. The highest BCUT2D eigenvalue weighted by molar-refractivity contribution is 5.89. The molecule has 2 aliphatic rings. The Balaban J connectivity index is 1.85. The number of ether oxygens (including phenoxy) is 2. The van der Waals surface area contributed by atoms with Crippen LogP contribution in [0.4, 0.5) is 4.79 Å². The number of hydrogen-bond acceptors (Lipinski definition) is 5. The molecular formula is C21H29NO5. The van der Waals surface area contributed by atoms with Gasteiger partial charge in [-0.05, 0) is 69.6 Å². The third kappa shape index (κ3) is 4.26. The van der Waals surface area contributed by atoms with Crippen LogP contribution in [0.3, 0.4) is 0 Å². The second-order valence-corrected chi connectivity index (χ2v) is 8.82. The monoisotopic (exact) mass is 375 g/mol. The Kier molecular flexibility index (Phi) is 5.21. The Bertz CT molecular complexity index is 700. The zero-order valence-electron chi connectivity index (χ0n) is 16.5. The van der Waals surface area contributed by atoms with E-state index < -0.39 is 5.60 Å². The van der Waals surface area contributed by atoms with Gasteiger partial charge in [0.05, 0.1) is 24.8 Å². The molecule has 6 nitrogen and oxygen atoms in total. The SMILES string of the molecule is COC(=O)c1ccc(C2CC3(CCN2C(=O)OC(C)(C)C)CC(O)C3)cc1. The Labute approximate surface area is 160 Å². The second-order valence-electron chi connectivity index (χ2n) is 8.82. The van der Waals surface area contributed by atoms with Crippen LogP contribution < -0.4 is 0 Å². The van der Waals surface area contributed by atoms with Crippen LogP contribution in [0.1, 0.15) is 68.4 Å². The maximum absolute atomic E-state index is 12.8. The van der Waals surface area contributed by atoms with E-state index in [0.29, 0.717) is 12.1 Å². The summed E-state index contributed by atoms with van der Waals surface area (Å²) in [5.41, 5.74) is 0.977. The molecule has 1 aromatic rings. The first-order valence-electron chi connectivity index (χ1n) is 9.48. The first-order valence-corrected chi connectivity index (χ1v) is 9.48. The van der Waals surface area contributed by atoms with Crippen LogP contribution in [-0.2, 0) is 9.47 Å². The van der Waals surface area contributed by atoms with Gasteiger partial charge >= 0.3 is 12.1 Å². The lowest BCUT2D eigenvalue weighted by Gasteiger charge is -2.53. The highest BCUT2D eigenvalue weighted by Crippen LogP contribution is 2.54. The minimum absolute atomic E-state index is 0.0869. The number of carbonyl (C=O) groups excluding carboxylic acids is 2. The Hall–Kier alpha value is -2.08. The molecule has 1 heterocycles. The number of aliphatic hydroxyl groups is 1. The summed E-state index contributed by atoms with van der Waals surface area (Å²) in [6, 6.07) is 7.08. The van der Waals surface area contributed by atoms with E-state index in [2.05, 4.69) is 0 Å². The minimum atomic E-state index is -0.557. The number of nitrogens with zero attached hydrogens (tertiary/aromatic N) is 1. The maximum atomic E-state index is 12.8. The number of amides is 1. The zero-order chi connectivity index (χ0) is 19.8. The van der Waals surface area contributed by atoms with Crippen molar-refractivity contribution in [3.8, 4) is 0 Å². The van der Waals surface area contributed by atoms with Crippen LogP contribution in [0, 0.1) is 5.41 Å². The molecule has 2 fully saturated rings. The predicted molar refractivity (Wildman–Crippen MR) is 100 cm³/mol. The summed E-state index contributed by atoms with van der Waals surface area (Å²) < 4.78 is 10.4. The van der Waals surface area contributed by atoms with Crippen LogP contribution in [0.15, 0.2) is 24.3 Å². The Morgan fingerprint density at radius 2 is 1.78 bits per heavy atom. The van der Waals surface area contributed by atoms with Gasteiger partial charge in [-0.2, -0.15) is 0 Å². The normalized spacial score (nSPS) is 27.8. The topological polar surface area (TPSA) is 76.1 Å². The highest BCUT2D eigenvalue weighted by Gasteiger charge is 2.49. The van der Waals surface area contributed by atoms with Crippen molar-refractivity contribution in [1.29, 1.82) is 0 Å². The number of esters is 1. The molecule has 0 radical (unpaired) electrons. The predicted octanol–water partition coefficient (Wildman–Crippen LogP) is 3.69. The van der Waals surface area contributed by atoms with Gasteiger partial charge in [0.25, 0.3) is 0 Å². The van der Waals surface area contributed by atoms with Crippen molar-refractivity contribution in [3.05, 3.63) is 35.4 Å². The van der Waals surface area contributed by atoms with E-state index in [-0.39, 0.29) is 29.6 Å². The average Bonchev–Trinajstić information content (AvgIpc) is 2.58. The van der Waals surface area contributed by atoms with E-state index in [9.17, 15) is 14.7 Å². The van der Waals surface area contributed by atoms with Gasteiger partial charge in [0.15, 0.2) is 0 Å². The van der Waals surface area contributed by atoms with Crippen LogP contribution in [-0.4, -0.2) is 47.4 Å². The summed E-state index contributed by atoms with van der Waals surface area (Å²) in [6.07, 6.45) is 2.68. The van der Waals surface area contributed by atoms with Gasteiger partial charge in [-0.25, -0.2) is 9.59 Å². The van der Waals surface area contributed by atoms with Gasteiger partial charge in [0.1, 0.15) is 5.60 Å². The molecule has 1 atom stereocenters. The summed E-state index contributed by atoms with van der Waals surface area (Å²) in [6.45, 7) is 6.18. The van der Waals surface area contributed by atoms with Crippen molar-refractivity contribution in [2.24, 2.45) is 5.41 Å². The molecule has 3 rings (SSSR count). The van der Waals surface area contributed by atoms with E-state index in [1.807, 2.05) is 32.9 Å². The lowest BCUT2D eigenvalue weighted by molar-refractivity contribution is -0.0864. The summed E-state index contributed by atoms with van der Waals surface area (Å²) in [5.74, 6) is -0.382. The molecule has 27 heavy (non-hydrogen) atoms. The number of benzene rings is 1. The van der Waals surface area contributed by atoms with Gasteiger partial charge in [-0.1, -0.05) is 12.1 Å². The molecule has 1 spiro atoms. The fourth-order valence-corrected chi connectivity index (χ4v) is 4.24. The largest absolute Gasteiger partial charge is 0.465 e. The fourth-order valence-electron chi connectivity index (χ4n) is 4.24. The van der Waals surface area contributed by atoms with E-state index in [1.54, 1.807) is 17.0 Å². The molecular weight excluding hydrogens is 346 g/mol. The summed E-state index contributed by atoms with van der Waals surface area (Å²) in [5, 5.41) is 9.82. The molecule has 1 aliphatic carbocycles. The molecule has 148 valence electrons. The minimum Gasteiger partial charge on any atom is -0.465 e. The molecule has 1 amide bonds. The van der Waals surface area contributed by atoms with Crippen LogP contribution in [0.25, 0.3) is 0 Å².